The molecule has 2 aromatic rings. The molecule has 0 spiro atoms. The zero-order valence-corrected chi connectivity index (χ0v) is 14.7. The van der Waals surface area contributed by atoms with Gasteiger partial charge in [0, 0.05) is 17.7 Å². The molecule has 0 radical (unpaired) electrons. The largest absolute Gasteiger partial charge is 0.356 e. The van der Waals surface area contributed by atoms with Crippen LogP contribution < -0.4 is 4.72 Å². The van der Waals surface area contributed by atoms with E-state index in [4.69, 9.17) is 4.52 Å². The van der Waals surface area contributed by atoms with E-state index in [0.717, 1.165) is 24.1 Å². The molecule has 3 rings (SSSR count). The molecule has 24 heavy (non-hydrogen) atoms. The van der Waals surface area contributed by atoms with Crippen molar-refractivity contribution in [2.45, 2.75) is 32.7 Å². The number of nitrogens with one attached hydrogen (secondary N) is 1. The molecule has 0 bridgehead atoms. The van der Waals surface area contributed by atoms with Crippen LogP contribution >= 0.6 is 0 Å². The summed E-state index contributed by atoms with van der Waals surface area (Å²) in [7, 11) is -3.20. The molecule has 2 atom stereocenters. The van der Waals surface area contributed by atoms with Crippen LogP contribution in [-0.2, 0) is 16.4 Å². The molecule has 5 nitrogen and oxygen atoms in total. The van der Waals surface area contributed by atoms with Crippen molar-refractivity contribution in [2.24, 2.45) is 11.3 Å². The maximum atomic E-state index is 13.0. The van der Waals surface area contributed by atoms with E-state index in [-0.39, 0.29) is 17.3 Å². The maximum Gasteiger partial charge on any atom is 0.208 e. The van der Waals surface area contributed by atoms with Crippen molar-refractivity contribution in [3.8, 4) is 11.3 Å². The lowest BCUT2D eigenvalue weighted by molar-refractivity contribution is 0.0271. The summed E-state index contributed by atoms with van der Waals surface area (Å²) in [6.45, 7) is 4.12. The topological polar surface area (TPSA) is 72.2 Å². The third-order valence-electron chi connectivity index (χ3n) is 4.97. The quantitative estimate of drug-likeness (QED) is 0.898. The van der Waals surface area contributed by atoms with Gasteiger partial charge in [0.2, 0.25) is 10.0 Å². The summed E-state index contributed by atoms with van der Waals surface area (Å²) in [6, 6.07) is 7.88. The van der Waals surface area contributed by atoms with Crippen molar-refractivity contribution in [3.63, 3.8) is 0 Å². The van der Waals surface area contributed by atoms with Gasteiger partial charge in [0.25, 0.3) is 0 Å². The van der Waals surface area contributed by atoms with Gasteiger partial charge in [-0.3, -0.25) is 0 Å². The molecule has 0 amide bonds. The minimum atomic E-state index is -3.20. The summed E-state index contributed by atoms with van der Waals surface area (Å²) in [5, 5.41) is 4.09. The molecular formula is C17H21FN2O3S. The Labute approximate surface area is 141 Å². The summed E-state index contributed by atoms with van der Waals surface area (Å²) in [4.78, 5) is 0. The predicted octanol–water partition coefficient (Wildman–Crippen LogP) is 2.99. The van der Waals surface area contributed by atoms with Gasteiger partial charge < -0.3 is 4.52 Å². The molecule has 1 aromatic heterocycles. The third kappa shape index (κ3) is 3.52. The lowest BCUT2D eigenvalue weighted by atomic mass is 9.57. The average molecular weight is 352 g/mol. The summed E-state index contributed by atoms with van der Waals surface area (Å²) in [5.41, 5.74) is 1.46. The number of sulfonamides is 1. The molecule has 1 aliphatic carbocycles. The van der Waals surface area contributed by atoms with Gasteiger partial charge in [-0.2, -0.15) is 0 Å². The fourth-order valence-electron chi connectivity index (χ4n) is 3.23. The Balaban J connectivity index is 1.67. The molecule has 1 N–H and O–H groups in total. The molecule has 130 valence electrons. The van der Waals surface area contributed by atoms with E-state index < -0.39 is 10.0 Å². The highest BCUT2D eigenvalue weighted by molar-refractivity contribution is 7.88. The van der Waals surface area contributed by atoms with Crippen molar-refractivity contribution in [1.82, 2.24) is 9.88 Å². The standard InChI is InChI=1S/C17H21FN2O3S/c1-17(2)12(9-16(17)20-24(3,21)22)8-14-10-15(23-19-14)11-4-6-13(18)7-5-11/h4-7,10,12,16,20H,8-9H2,1-3H3/t12-,16+/m1/s1. The second-order valence-corrected chi connectivity index (χ2v) is 8.87. The normalized spacial score (nSPS) is 23.0. The van der Waals surface area contributed by atoms with Gasteiger partial charge in [-0.15, -0.1) is 0 Å². The van der Waals surface area contributed by atoms with Crippen LogP contribution in [0.2, 0.25) is 0 Å². The molecule has 7 heteroatoms. The van der Waals surface area contributed by atoms with E-state index >= 15 is 0 Å². The molecule has 1 saturated carbocycles. The van der Waals surface area contributed by atoms with Crippen LogP contribution in [0.25, 0.3) is 11.3 Å². The zero-order valence-electron chi connectivity index (χ0n) is 13.9. The Bertz CT molecular complexity index is 828. The predicted molar refractivity (Wildman–Crippen MR) is 89.3 cm³/mol. The number of benzene rings is 1. The van der Waals surface area contributed by atoms with Crippen molar-refractivity contribution < 1.29 is 17.3 Å². The Morgan fingerprint density at radius 3 is 2.58 bits per heavy atom. The maximum absolute atomic E-state index is 13.0. The number of rotatable bonds is 5. The Morgan fingerprint density at radius 1 is 1.33 bits per heavy atom. The smallest absolute Gasteiger partial charge is 0.208 e. The summed E-state index contributed by atoms with van der Waals surface area (Å²) in [5.74, 6) is 0.634. The molecule has 1 fully saturated rings. The lowest BCUT2D eigenvalue weighted by Gasteiger charge is -2.52. The first-order valence-electron chi connectivity index (χ1n) is 7.84. The van der Waals surface area contributed by atoms with E-state index in [1.807, 2.05) is 6.07 Å². The van der Waals surface area contributed by atoms with Crippen LogP contribution in [0.5, 0.6) is 0 Å². The van der Waals surface area contributed by atoms with E-state index in [9.17, 15) is 12.8 Å². The van der Waals surface area contributed by atoms with E-state index in [0.29, 0.717) is 11.7 Å². The van der Waals surface area contributed by atoms with Crippen LogP contribution in [0.3, 0.4) is 0 Å². The Kier molecular flexibility index (Phi) is 4.25. The molecule has 0 saturated heterocycles. The van der Waals surface area contributed by atoms with Crippen molar-refractivity contribution in [1.29, 1.82) is 0 Å². The first-order chi connectivity index (χ1) is 11.1. The number of hydrogen-bond donors (Lipinski definition) is 1. The summed E-state index contributed by atoms with van der Waals surface area (Å²) >= 11 is 0. The molecule has 1 aliphatic rings. The van der Waals surface area contributed by atoms with Gasteiger partial charge >= 0.3 is 0 Å². The van der Waals surface area contributed by atoms with E-state index in [1.54, 1.807) is 12.1 Å². The van der Waals surface area contributed by atoms with Gasteiger partial charge in [-0.25, -0.2) is 17.5 Å². The highest BCUT2D eigenvalue weighted by atomic mass is 32.2. The van der Waals surface area contributed by atoms with E-state index in [2.05, 4.69) is 23.7 Å². The summed E-state index contributed by atoms with van der Waals surface area (Å²) in [6.07, 6.45) is 2.68. The van der Waals surface area contributed by atoms with Gasteiger partial charge in [0.1, 0.15) is 5.82 Å². The molecule has 0 unspecified atom stereocenters. The Morgan fingerprint density at radius 2 is 2.00 bits per heavy atom. The number of aromatic nitrogens is 1. The van der Waals surface area contributed by atoms with Gasteiger partial charge in [-0.05, 0) is 48.4 Å². The van der Waals surface area contributed by atoms with Crippen LogP contribution in [0.15, 0.2) is 34.9 Å². The van der Waals surface area contributed by atoms with Crippen LogP contribution in [0.1, 0.15) is 26.0 Å². The average Bonchev–Trinajstić information content (AvgIpc) is 2.94. The molecule has 1 heterocycles. The summed E-state index contributed by atoms with van der Waals surface area (Å²) < 4.78 is 43.8. The van der Waals surface area contributed by atoms with Crippen LogP contribution in [0.4, 0.5) is 4.39 Å². The fourth-order valence-corrected chi connectivity index (χ4v) is 4.15. The number of halogens is 1. The second-order valence-electron chi connectivity index (χ2n) is 7.09. The zero-order chi connectivity index (χ0) is 17.5. The highest BCUT2D eigenvalue weighted by Crippen LogP contribution is 2.48. The van der Waals surface area contributed by atoms with Crippen molar-refractivity contribution in [2.75, 3.05) is 6.26 Å². The van der Waals surface area contributed by atoms with Crippen molar-refractivity contribution in [3.05, 3.63) is 41.8 Å². The van der Waals surface area contributed by atoms with Gasteiger partial charge in [-0.1, -0.05) is 19.0 Å². The molecule has 1 aromatic carbocycles. The monoisotopic (exact) mass is 352 g/mol. The SMILES string of the molecule is CC1(C)[C@H](Cc2cc(-c3ccc(F)cc3)on2)C[C@@H]1NS(C)(=O)=O. The molecule has 0 aliphatic heterocycles. The first-order valence-corrected chi connectivity index (χ1v) is 9.73. The van der Waals surface area contributed by atoms with Crippen LogP contribution in [0, 0.1) is 17.2 Å². The minimum Gasteiger partial charge on any atom is -0.356 e. The minimum absolute atomic E-state index is 0.0547. The highest BCUT2D eigenvalue weighted by Gasteiger charge is 2.49. The third-order valence-corrected chi connectivity index (χ3v) is 5.68. The number of hydrogen-bond acceptors (Lipinski definition) is 4. The first kappa shape index (κ1) is 17.1. The second kappa shape index (κ2) is 5.97. The molecular weight excluding hydrogens is 331 g/mol. The van der Waals surface area contributed by atoms with Gasteiger partial charge in [0.05, 0.1) is 11.9 Å². The number of nitrogens with zero attached hydrogens (tertiary/aromatic N) is 1. The van der Waals surface area contributed by atoms with E-state index in [1.165, 1.54) is 18.4 Å². The van der Waals surface area contributed by atoms with Crippen molar-refractivity contribution >= 4 is 10.0 Å². The fraction of sp³-hybridized carbons (Fsp3) is 0.471. The van der Waals surface area contributed by atoms with Crippen LogP contribution in [-0.4, -0.2) is 25.9 Å². The Hall–Kier alpha value is -1.73. The van der Waals surface area contributed by atoms with Gasteiger partial charge in [0.15, 0.2) is 5.76 Å². The lowest BCUT2D eigenvalue weighted by Crippen LogP contribution is -2.58.